The van der Waals surface area contributed by atoms with Gasteiger partial charge in [-0.3, -0.25) is 4.79 Å². The monoisotopic (exact) mass is 364 g/mol. The quantitative estimate of drug-likeness (QED) is 0.746. The molecule has 0 unspecified atom stereocenters. The number of likely N-dealkylation sites (tertiary alicyclic amines) is 1. The second kappa shape index (κ2) is 7.17. The Labute approximate surface area is 151 Å². The summed E-state index contributed by atoms with van der Waals surface area (Å²) in [6.45, 7) is 6.31. The lowest BCUT2D eigenvalue weighted by Gasteiger charge is -2.45. The van der Waals surface area contributed by atoms with Crippen LogP contribution in [-0.2, 0) is 14.8 Å². The lowest BCUT2D eigenvalue weighted by atomic mass is 9.89. The maximum absolute atomic E-state index is 13.2. The molecule has 1 aromatic rings. The molecule has 138 valence electrons. The van der Waals surface area contributed by atoms with Crippen LogP contribution < -0.4 is 0 Å². The van der Waals surface area contributed by atoms with Crippen LogP contribution in [0.5, 0.6) is 0 Å². The zero-order valence-electron chi connectivity index (χ0n) is 15.1. The van der Waals surface area contributed by atoms with Gasteiger partial charge < -0.3 is 4.90 Å². The van der Waals surface area contributed by atoms with E-state index in [1.807, 2.05) is 6.92 Å². The van der Waals surface area contributed by atoms with Crippen LogP contribution >= 0.6 is 0 Å². The lowest BCUT2D eigenvalue weighted by molar-refractivity contribution is -0.118. The maximum Gasteiger partial charge on any atom is 0.243 e. The van der Waals surface area contributed by atoms with Crippen LogP contribution in [-0.4, -0.2) is 55.1 Å². The van der Waals surface area contributed by atoms with Gasteiger partial charge in [-0.1, -0.05) is 18.2 Å². The Morgan fingerprint density at radius 2 is 1.80 bits per heavy atom. The molecule has 0 amide bonds. The van der Waals surface area contributed by atoms with Crippen molar-refractivity contribution in [3.8, 4) is 0 Å². The molecule has 5 nitrogen and oxygen atoms in total. The zero-order valence-corrected chi connectivity index (χ0v) is 16.0. The van der Waals surface area contributed by atoms with Gasteiger partial charge in [-0.15, -0.1) is 0 Å². The molecule has 0 atom stereocenters. The topological polar surface area (TPSA) is 57.7 Å². The highest BCUT2D eigenvalue weighted by atomic mass is 32.2. The molecule has 1 aliphatic carbocycles. The molecule has 1 saturated heterocycles. The van der Waals surface area contributed by atoms with Crippen LogP contribution in [0.3, 0.4) is 0 Å². The molecule has 3 rings (SSSR count). The molecule has 0 aromatic heterocycles. The summed E-state index contributed by atoms with van der Waals surface area (Å²) < 4.78 is 27.9. The normalized spacial score (nSPS) is 21.4. The van der Waals surface area contributed by atoms with E-state index in [-0.39, 0.29) is 17.2 Å². The zero-order chi connectivity index (χ0) is 18.1. The fraction of sp³-hybridized carbons (Fsp3) is 0.632. The van der Waals surface area contributed by atoms with Crippen LogP contribution in [0.15, 0.2) is 35.2 Å². The van der Waals surface area contributed by atoms with Crippen molar-refractivity contribution >= 4 is 15.8 Å². The smallest absolute Gasteiger partial charge is 0.243 e. The standard InChI is InChI=1S/C19H28N2O3S/c1-16(22)14-21(25(23,24)18-6-4-3-5-7-18)19(2)10-12-20(13-11-19)15-17-8-9-17/h3-7,17H,8-15H2,1-2H3. The van der Waals surface area contributed by atoms with Crippen LogP contribution in [0.4, 0.5) is 0 Å². The van der Waals surface area contributed by atoms with Crippen molar-refractivity contribution in [1.82, 2.24) is 9.21 Å². The van der Waals surface area contributed by atoms with E-state index in [0.29, 0.717) is 0 Å². The maximum atomic E-state index is 13.2. The predicted octanol–water partition coefficient (Wildman–Crippen LogP) is 2.53. The van der Waals surface area contributed by atoms with Crippen LogP contribution in [0, 0.1) is 5.92 Å². The predicted molar refractivity (Wildman–Crippen MR) is 97.8 cm³/mol. The Kier molecular flexibility index (Phi) is 5.32. The number of rotatable bonds is 7. The van der Waals surface area contributed by atoms with Gasteiger partial charge in [0.25, 0.3) is 0 Å². The summed E-state index contributed by atoms with van der Waals surface area (Å²) >= 11 is 0. The van der Waals surface area contributed by atoms with Crippen molar-refractivity contribution in [3.63, 3.8) is 0 Å². The van der Waals surface area contributed by atoms with E-state index in [1.54, 1.807) is 30.3 Å². The van der Waals surface area contributed by atoms with Gasteiger partial charge in [0.05, 0.1) is 11.4 Å². The minimum absolute atomic E-state index is 0.0592. The van der Waals surface area contributed by atoms with E-state index < -0.39 is 15.6 Å². The minimum atomic E-state index is -3.69. The van der Waals surface area contributed by atoms with E-state index >= 15 is 0 Å². The first-order valence-corrected chi connectivity index (χ1v) is 10.5. The van der Waals surface area contributed by atoms with Gasteiger partial charge in [-0.05, 0) is 70.7 Å². The SMILES string of the molecule is CC(=O)CN(C1(C)CCN(CC2CC2)CC1)S(=O)(=O)c1ccccc1. The Morgan fingerprint density at radius 1 is 1.20 bits per heavy atom. The highest BCUT2D eigenvalue weighted by molar-refractivity contribution is 7.89. The summed E-state index contributed by atoms with van der Waals surface area (Å²) in [6, 6.07) is 8.45. The second-order valence-electron chi connectivity index (χ2n) is 7.77. The fourth-order valence-corrected chi connectivity index (χ4v) is 5.49. The summed E-state index contributed by atoms with van der Waals surface area (Å²) in [5.41, 5.74) is -0.513. The number of carbonyl (C=O) groups is 1. The third-order valence-corrected chi connectivity index (χ3v) is 7.46. The molecule has 0 spiro atoms. The molecule has 2 aliphatic rings. The number of benzene rings is 1. The first-order chi connectivity index (χ1) is 11.8. The average Bonchev–Trinajstić information content (AvgIpc) is 3.39. The molecule has 1 heterocycles. The first kappa shape index (κ1) is 18.5. The number of nitrogens with zero attached hydrogens (tertiary/aromatic N) is 2. The summed E-state index contributed by atoms with van der Waals surface area (Å²) in [7, 11) is -3.69. The van der Waals surface area contributed by atoms with Gasteiger partial charge in [0.1, 0.15) is 5.78 Å². The lowest BCUT2D eigenvalue weighted by Crippen LogP contribution is -2.56. The molecule has 0 N–H and O–H groups in total. The van der Waals surface area contributed by atoms with E-state index in [0.717, 1.165) is 38.4 Å². The van der Waals surface area contributed by atoms with Gasteiger partial charge in [0, 0.05) is 12.1 Å². The molecule has 1 aromatic carbocycles. The van der Waals surface area contributed by atoms with Gasteiger partial charge >= 0.3 is 0 Å². The Hall–Kier alpha value is -1.24. The summed E-state index contributed by atoms with van der Waals surface area (Å²) in [5.74, 6) is 0.715. The second-order valence-corrected chi connectivity index (χ2v) is 9.63. The van der Waals surface area contributed by atoms with Crippen molar-refractivity contribution < 1.29 is 13.2 Å². The first-order valence-electron chi connectivity index (χ1n) is 9.11. The molecular formula is C19H28N2O3S. The molecule has 1 saturated carbocycles. The third-order valence-electron chi connectivity index (χ3n) is 5.45. The van der Waals surface area contributed by atoms with Crippen LogP contribution in [0.2, 0.25) is 0 Å². The van der Waals surface area contributed by atoms with Gasteiger partial charge in [0.2, 0.25) is 10.0 Å². The van der Waals surface area contributed by atoms with Crippen molar-refractivity contribution in [2.24, 2.45) is 5.92 Å². The number of piperidine rings is 1. The van der Waals surface area contributed by atoms with Crippen LogP contribution in [0.1, 0.15) is 39.5 Å². The highest BCUT2D eigenvalue weighted by Crippen LogP contribution is 2.36. The number of Topliss-reactive ketones (excluding diaryl/α,β-unsaturated/α-hetero) is 1. The van der Waals surface area contributed by atoms with Crippen molar-refractivity contribution in [2.45, 2.75) is 50.0 Å². The molecular weight excluding hydrogens is 336 g/mol. The molecule has 25 heavy (non-hydrogen) atoms. The number of carbonyl (C=O) groups excluding carboxylic acids is 1. The van der Waals surface area contributed by atoms with E-state index in [9.17, 15) is 13.2 Å². The van der Waals surface area contributed by atoms with Gasteiger partial charge in [-0.25, -0.2) is 8.42 Å². The molecule has 1 aliphatic heterocycles. The van der Waals surface area contributed by atoms with Crippen molar-refractivity contribution in [3.05, 3.63) is 30.3 Å². The van der Waals surface area contributed by atoms with Gasteiger partial charge in [-0.2, -0.15) is 4.31 Å². The Balaban J connectivity index is 1.81. The van der Waals surface area contributed by atoms with E-state index in [2.05, 4.69) is 4.90 Å². The minimum Gasteiger partial charge on any atom is -0.303 e. The van der Waals surface area contributed by atoms with Crippen molar-refractivity contribution in [1.29, 1.82) is 0 Å². The number of sulfonamides is 1. The van der Waals surface area contributed by atoms with E-state index in [1.165, 1.54) is 24.1 Å². The summed E-state index contributed by atoms with van der Waals surface area (Å²) in [5, 5.41) is 0. The number of hydrogen-bond donors (Lipinski definition) is 0. The molecule has 2 fully saturated rings. The average molecular weight is 365 g/mol. The Bertz CT molecular complexity index is 705. The van der Waals surface area contributed by atoms with Crippen molar-refractivity contribution in [2.75, 3.05) is 26.2 Å². The van der Waals surface area contributed by atoms with E-state index in [4.69, 9.17) is 0 Å². The highest BCUT2D eigenvalue weighted by Gasteiger charge is 2.43. The largest absolute Gasteiger partial charge is 0.303 e. The summed E-state index contributed by atoms with van der Waals surface area (Å²) in [4.78, 5) is 14.5. The third kappa shape index (κ3) is 4.30. The number of hydrogen-bond acceptors (Lipinski definition) is 4. The fourth-order valence-electron chi connectivity index (χ4n) is 3.62. The van der Waals surface area contributed by atoms with Crippen LogP contribution in [0.25, 0.3) is 0 Å². The molecule has 0 radical (unpaired) electrons. The van der Waals surface area contributed by atoms with Gasteiger partial charge in [0.15, 0.2) is 0 Å². The molecule has 0 bridgehead atoms. The molecule has 6 heteroatoms. The number of ketones is 1. The summed E-state index contributed by atoms with van der Waals surface area (Å²) in [6.07, 6.45) is 4.18. The Morgan fingerprint density at radius 3 is 2.32 bits per heavy atom.